The lowest BCUT2D eigenvalue weighted by molar-refractivity contribution is 0.245. The lowest BCUT2D eigenvalue weighted by Crippen LogP contribution is -2.22. The summed E-state index contributed by atoms with van der Waals surface area (Å²) in [5, 5.41) is 0. The highest BCUT2D eigenvalue weighted by molar-refractivity contribution is 6.18. The quantitative estimate of drug-likeness (QED) is 0.452. The Hall–Kier alpha value is 0.290. The van der Waals surface area contributed by atoms with Gasteiger partial charge in [-0.15, -0.1) is 11.6 Å². The molecule has 0 bridgehead atoms. The molecule has 0 aromatic carbocycles. The van der Waals surface area contributed by atoms with Gasteiger partial charge in [0.2, 0.25) is 0 Å². The van der Waals surface area contributed by atoms with Gasteiger partial charge in [-0.2, -0.15) is 0 Å². The van der Waals surface area contributed by atoms with E-state index in [0.29, 0.717) is 5.41 Å². The van der Waals surface area contributed by atoms with Gasteiger partial charge in [-0.05, 0) is 30.6 Å². The van der Waals surface area contributed by atoms with Gasteiger partial charge < -0.3 is 0 Å². The topological polar surface area (TPSA) is 0 Å². The molecule has 1 atom stereocenters. The average Bonchev–Trinajstić information content (AvgIpc) is 2.23. The predicted molar refractivity (Wildman–Crippen MR) is 71.7 cm³/mol. The van der Waals surface area contributed by atoms with Crippen molar-refractivity contribution in [1.82, 2.24) is 0 Å². The molecule has 0 heterocycles. The minimum absolute atomic E-state index is 0.437. The monoisotopic (exact) mass is 232 g/mol. The summed E-state index contributed by atoms with van der Waals surface area (Å²) in [5.74, 6) is 1.68. The Balaban J connectivity index is 3.99. The van der Waals surface area contributed by atoms with E-state index < -0.39 is 0 Å². The van der Waals surface area contributed by atoms with E-state index in [4.69, 9.17) is 11.6 Å². The second-order valence-corrected chi connectivity index (χ2v) is 5.64. The second kappa shape index (κ2) is 8.44. The fourth-order valence-corrected chi connectivity index (χ4v) is 2.60. The van der Waals surface area contributed by atoms with E-state index in [0.717, 1.165) is 11.8 Å². The fraction of sp³-hybridized carbons (Fsp3) is 1.00. The zero-order valence-corrected chi connectivity index (χ0v) is 11.9. The first kappa shape index (κ1) is 15.3. The molecule has 0 amide bonds. The Labute approximate surface area is 102 Å². The lowest BCUT2D eigenvalue weighted by Gasteiger charge is -2.31. The van der Waals surface area contributed by atoms with Gasteiger partial charge in [-0.3, -0.25) is 0 Å². The van der Waals surface area contributed by atoms with Crippen molar-refractivity contribution < 1.29 is 0 Å². The molecule has 0 spiro atoms. The van der Waals surface area contributed by atoms with E-state index in [9.17, 15) is 0 Å². The molecule has 0 radical (unpaired) electrons. The van der Waals surface area contributed by atoms with Crippen LogP contribution >= 0.6 is 11.6 Å². The zero-order chi connectivity index (χ0) is 11.7. The van der Waals surface area contributed by atoms with Gasteiger partial charge in [0.1, 0.15) is 0 Å². The highest BCUT2D eigenvalue weighted by Gasteiger charge is 2.25. The first-order chi connectivity index (χ1) is 7.10. The Morgan fingerprint density at radius 2 is 1.67 bits per heavy atom. The molecule has 0 fully saturated rings. The largest absolute Gasteiger partial charge is 0.126 e. The van der Waals surface area contributed by atoms with Crippen LogP contribution in [0.25, 0.3) is 0 Å². The van der Waals surface area contributed by atoms with Crippen LogP contribution in [0.1, 0.15) is 72.6 Å². The molecule has 0 aromatic rings. The third kappa shape index (κ3) is 6.45. The Morgan fingerprint density at radius 1 is 1.07 bits per heavy atom. The van der Waals surface area contributed by atoms with Crippen molar-refractivity contribution in [3.8, 4) is 0 Å². The summed E-state index contributed by atoms with van der Waals surface area (Å²) >= 11 is 6.18. The molecule has 1 heteroatoms. The van der Waals surface area contributed by atoms with Crippen molar-refractivity contribution in [2.75, 3.05) is 5.88 Å². The molecule has 0 rings (SSSR count). The molecule has 0 aromatic heterocycles. The molecule has 0 saturated heterocycles. The highest BCUT2D eigenvalue weighted by atomic mass is 35.5. The van der Waals surface area contributed by atoms with E-state index in [-0.39, 0.29) is 0 Å². The number of rotatable bonds is 9. The maximum atomic E-state index is 6.18. The summed E-state index contributed by atoms with van der Waals surface area (Å²) in [6.07, 6.45) is 9.22. The van der Waals surface area contributed by atoms with E-state index >= 15 is 0 Å². The molecule has 0 saturated carbocycles. The van der Waals surface area contributed by atoms with Crippen molar-refractivity contribution in [3.63, 3.8) is 0 Å². The van der Waals surface area contributed by atoms with Gasteiger partial charge in [0.15, 0.2) is 0 Å². The Bertz CT molecular complexity index is 136. The first-order valence-electron chi connectivity index (χ1n) is 6.66. The minimum Gasteiger partial charge on any atom is -0.126 e. The molecule has 0 aliphatic carbocycles. The zero-order valence-electron chi connectivity index (χ0n) is 11.1. The van der Waals surface area contributed by atoms with Crippen molar-refractivity contribution in [3.05, 3.63) is 0 Å². The SMILES string of the molecule is CCCCC(CC)(CCl)CCCC(C)C. The Kier molecular flexibility index (Phi) is 8.61. The summed E-state index contributed by atoms with van der Waals surface area (Å²) in [4.78, 5) is 0. The van der Waals surface area contributed by atoms with Crippen LogP contribution in [-0.4, -0.2) is 5.88 Å². The molecule has 1 unspecified atom stereocenters. The smallest absolute Gasteiger partial charge is 0.0279 e. The molecular formula is C14H29Cl. The number of halogens is 1. The van der Waals surface area contributed by atoms with E-state index in [1.165, 1.54) is 44.9 Å². The van der Waals surface area contributed by atoms with Crippen LogP contribution in [0, 0.1) is 11.3 Å². The minimum atomic E-state index is 0.437. The van der Waals surface area contributed by atoms with Crippen LogP contribution in [0.15, 0.2) is 0 Å². The van der Waals surface area contributed by atoms with E-state index in [2.05, 4.69) is 27.7 Å². The highest BCUT2D eigenvalue weighted by Crippen LogP contribution is 2.36. The van der Waals surface area contributed by atoms with E-state index in [1.54, 1.807) is 0 Å². The van der Waals surface area contributed by atoms with Gasteiger partial charge in [0.25, 0.3) is 0 Å². The third-order valence-corrected chi connectivity index (χ3v) is 4.15. The maximum absolute atomic E-state index is 6.18. The predicted octanol–water partition coefficient (Wildman–Crippen LogP) is 5.64. The molecule has 15 heavy (non-hydrogen) atoms. The molecular weight excluding hydrogens is 204 g/mol. The maximum Gasteiger partial charge on any atom is 0.0279 e. The van der Waals surface area contributed by atoms with Gasteiger partial charge in [-0.25, -0.2) is 0 Å². The van der Waals surface area contributed by atoms with Crippen LogP contribution in [0.5, 0.6) is 0 Å². The number of alkyl halides is 1. The number of hydrogen-bond acceptors (Lipinski definition) is 0. The second-order valence-electron chi connectivity index (χ2n) is 5.38. The third-order valence-electron chi connectivity index (χ3n) is 3.58. The molecule has 0 aliphatic rings. The van der Waals surface area contributed by atoms with Crippen LogP contribution in [0.3, 0.4) is 0 Å². The summed E-state index contributed by atoms with van der Waals surface area (Å²) in [6, 6.07) is 0. The molecule has 92 valence electrons. The van der Waals surface area contributed by atoms with Crippen molar-refractivity contribution in [1.29, 1.82) is 0 Å². The molecule has 0 nitrogen and oxygen atoms in total. The van der Waals surface area contributed by atoms with Crippen molar-refractivity contribution in [2.24, 2.45) is 11.3 Å². The molecule has 0 aliphatic heterocycles. The average molecular weight is 233 g/mol. The van der Waals surface area contributed by atoms with Gasteiger partial charge in [0.05, 0.1) is 0 Å². The van der Waals surface area contributed by atoms with Crippen LogP contribution in [-0.2, 0) is 0 Å². The number of hydrogen-bond donors (Lipinski definition) is 0. The molecule has 0 N–H and O–H groups in total. The normalized spacial score (nSPS) is 15.6. The van der Waals surface area contributed by atoms with Crippen LogP contribution < -0.4 is 0 Å². The van der Waals surface area contributed by atoms with E-state index in [1.807, 2.05) is 0 Å². The summed E-state index contributed by atoms with van der Waals surface area (Å²) in [5.41, 5.74) is 0.437. The summed E-state index contributed by atoms with van der Waals surface area (Å²) in [7, 11) is 0. The lowest BCUT2D eigenvalue weighted by atomic mass is 9.77. The van der Waals surface area contributed by atoms with Gasteiger partial charge in [0, 0.05) is 5.88 Å². The summed E-state index contributed by atoms with van der Waals surface area (Å²) < 4.78 is 0. The van der Waals surface area contributed by atoms with Gasteiger partial charge in [-0.1, -0.05) is 53.4 Å². The summed E-state index contributed by atoms with van der Waals surface area (Å²) in [6.45, 7) is 9.18. The number of unbranched alkanes of at least 4 members (excludes halogenated alkanes) is 1. The standard InChI is InChI=1S/C14H29Cl/c1-5-7-10-14(6-2,12-15)11-8-9-13(3)4/h13H,5-12H2,1-4H3. The first-order valence-corrected chi connectivity index (χ1v) is 7.19. The Morgan fingerprint density at radius 3 is 2.07 bits per heavy atom. The van der Waals surface area contributed by atoms with Crippen molar-refractivity contribution in [2.45, 2.75) is 72.6 Å². The van der Waals surface area contributed by atoms with Crippen LogP contribution in [0.2, 0.25) is 0 Å². The van der Waals surface area contributed by atoms with Crippen molar-refractivity contribution >= 4 is 11.6 Å². The van der Waals surface area contributed by atoms with Crippen LogP contribution in [0.4, 0.5) is 0 Å². The van der Waals surface area contributed by atoms with Gasteiger partial charge >= 0.3 is 0 Å². The fourth-order valence-electron chi connectivity index (χ4n) is 2.14.